The molecule has 1 saturated heterocycles. The van der Waals surface area contributed by atoms with Crippen LogP contribution in [0.4, 0.5) is 0 Å². The average molecular weight is 253 g/mol. The topological polar surface area (TPSA) is 67.6 Å². The maximum absolute atomic E-state index is 10.5. The molecule has 1 N–H and O–H groups in total. The number of carbonyl (C=O) groups is 1. The molecule has 1 aliphatic rings. The van der Waals surface area contributed by atoms with Crippen LogP contribution < -0.4 is 0 Å². The van der Waals surface area contributed by atoms with Crippen molar-refractivity contribution in [2.24, 2.45) is 0 Å². The highest BCUT2D eigenvalue weighted by molar-refractivity contribution is 5.68. The lowest BCUT2D eigenvalue weighted by molar-refractivity contribution is -0.166. The van der Waals surface area contributed by atoms with Crippen LogP contribution in [-0.2, 0) is 22.6 Å². The standard InChI is InChI=1S/C12H19N3O3/c1-3-15-9-13-4-10(15)5-14-7-12(2,8-14)18-6-11(16)17/h4,9H,3,5-8H2,1-2H3,(H,16,17). The van der Waals surface area contributed by atoms with Crippen LogP contribution in [0.2, 0.25) is 0 Å². The molecule has 0 unspecified atom stereocenters. The van der Waals surface area contributed by atoms with Gasteiger partial charge in [0.25, 0.3) is 0 Å². The zero-order chi connectivity index (χ0) is 13.2. The second-order valence-corrected chi connectivity index (χ2v) is 4.95. The molecule has 1 aromatic heterocycles. The Labute approximate surface area is 106 Å². The zero-order valence-electron chi connectivity index (χ0n) is 10.8. The van der Waals surface area contributed by atoms with E-state index in [1.807, 2.05) is 19.4 Å². The number of hydrogen-bond acceptors (Lipinski definition) is 4. The van der Waals surface area contributed by atoms with E-state index in [9.17, 15) is 4.79 Å². The van der Waals surface area contributed by atoms with Gasteiger partial charge in [0, 0.05) is 32.4 Å². The molecule has 0 bridgehead atoms. The number of aromatic nitrogens is 2. The molecular weight excluding hydrogens is 234 g/mol. The Morgan fingerprint density at radius 1 is 1.61 bits per heavy atom. The number of imidazole rings is 1. The monoisotopic (exact) mass is 253 g/mol. The molecule has 100 valence electrons. The maximum Gasteiger partial charge on any atom is 0.329 e. The summed E-state index contributed by atoms with van der Waals surface area (Å²) in [6, 6.07) is 0. The Hall–Kier alpha value is -1.40. The average Bonchev–Trinajstić information content (AvgIpc) is 2.71. The Balaban J connectivity index is 1.80. The van der Waals surface area contributed by atoms with E-state index in [4.69, 9.17) is 9.84 Å². The summed E-state index contributed by atoms with van der Waals surface area (Å²) in [6.07, 6.45) is 3.70. The molecule has 6 nitrogen and oxygen atoms in total. The third kappa shape index (κ3) is 2.88. The van der Waals surface area contributed by atoms with Crippen molar-refractivity contribution in [2.45, 2.75) is 32.5 Å². The van der Waals surface area contributed by atoms with Crippen LogP contribution in [0.5, 0.6) is 0 Å². The van der Waals surface area contributed by atoms with Crippen molar-refractivity contribution in [1.82, 2.24) is 14.5 Å². The fourth-order valence-electron chi connectivity index (χ4n) is 2.33. The summed E-state index contributed by atoms with van der Waals surface area (Å²) >= 11 is 0. The Kier molecular flexibility index (Phi) is 3.68. The van der Waals surface area contributed by atoms with Crippen LogP contribution in [0.1, 0.15) is 19.5 Å². The van der Waals surface area contributed by atoms with Gasteiger partial charge in [0.2, 0.25) is 0 Å². The summed E-state index contributed by atoms with van der Waals surface area (Å²) < 4.78 is 7.47. The minimum absolute atomic E-state index is 0.225. The van der Waals surface area contributed by atoms with E-state index >= 15 is 0 Å². The minimum Gasteiger partial charge on any atom is -0.480 e. The van der Waals surface area contributed by atoms with Crippen molar-refractivity contribution in [3.8, 4) is 0 Å². The van der Waals surface area contributed by atoms with Gasteiger partial charge in [-0.25, -0.2) is 9.78 Å². The van der Waals surface area contributed by atoms with E-state index in [2.05, 4.69) is 21.4 Å². The molecule has 0 saturated carbocycles. The molecule has 0 amide bonds. The first kappa shape index (κ1) is 13.0. The Morgan fingerprint density at radius 2 is 2.33 bits per heavy atom. The summed E-state index contributed by atoms with van der Waals surface area (Å²) in [7, 11) is 0. The van der Waals surface area contributed by atoms with E-state index in [-0.39, 0.29) is 12.2 Å². The molecule has 0 aliphatic carbocycles. The number of aliphatic carboxylic acids is 1. The van der Waals surface area contributed by atoms with Crippen molar-refractivity contribution < 1.29 is 14.6 Å². The summed E-state index contributed by atoms with van der Waals surface area (Å²) in [5.74, 6) is -0.918. The summed E-state index contributed by atoms with van der Waals surface area (Å²) in [5.41, 5.74) is 0.855. The SMILES string of the molecule is CCn1cncc1CN1CC(C)(OCC(=O)O)C1. The second-order valence-electron chi connectivity index (χ2n) is 4.95. The molecule has 0 atom stereocenters. The molecule has 18 heavy (non-hydrogen) atoms. The van der Waals surface area contributed by atoms with E-state index in [0.717, 1.165) is 26.2 Å². The number of nitrogens with zero attached hydrogens (tertiary/aromatic N) is 3. The maximum atomic E-state index is 10.5. The fourth-order valence-corrected chi connectivity index (χ4v) is 2.33. The quantitative estimate of drug-likeness (QED) is 0.803. The van der Waals surface area contributed by atoms with Crippen molar-refractivity contribution in [2.75, 3.05) is 19.7 Å². The zero-order valence-corrected chi connectivity index (χ0v) is 10.8. The number of aryl methyl sites for hydroxylation is 1. The highest BCUT2D eigenvalue weighted by atomic mass is 16.5. The summed E-state index contributed by atoms with van der Waals surface area (Å²) in [4.78, 5) is 16.8. The van der Waals surface area contributed by atoms with Gasteiger partial charge in [0.05, 0.1) is 17.6 Å². The van der Waals surface area contributed by atoms with Crippen LogP contribution >= 0.6 is 0 Å². The van der Waals surface area contributed by atoms with Gasteiger partial charge in [-0.3, -0.25) is 4.90 Å². The first-order chi connectivity index (χ1) is 8.52. The van der Waals surface area contributed by atoms with Crippen LogP contribution in [0.3, 0.4) is 0 Å². The molecular formula is C12H19N3O3. The third-order valence-electron chi connectivity index (χ3n) is 3.19. The number of carboxylic acids is 1. The van der Waals surface area contributed by atoms with Gasteiger partial charge in [-0.05, 0) is 13.8 Å². The minimum atomic E-state index is -0.918. The normalized spacial score (nSPS) is 18.6. The van der Waals surface area contributed by atoms with E-state index in [1.165, 1.54) is 5.69 Å². The van der Waals surface area contributed by atoms with Crippen LogP contribution in [-0.4, -0.2) is 50.8 Å². The van der Waals surface area contributed by atoms with Gasteiger partial charge in [0.15, 0.2) is 0 Å². The molecule has 2 heterocycles. The first-order valence-electron chi connectivity index (χ1n) is 6.09. The van der Waals surface area contributed by atoms with Crippen LogP contribution in [0.25, 0.3) is 0 Å². The van der Waals surface area contributed by atoms with Crippen molar-refractivity contribution in [3.63, 3.8) is 0 Å². The molecule has 0 spiro atoms. The van der Waals surface area contributed by atoms with Gasteiger partial charge < -0.3 is 14.4 Å². The molecule has 0 radical (unpaired) electrons. The predicted octanol–water partition coefficient (Wildman–Crippen LogP) is 0.579. The molecule has 0 aromatic carbocycles. The van der Waals surface area contributed by atoms with Gasteiger partial charge >= 0.3 is 5.97 Å². The van der Waals surface area contributed by atoms with Gasteiger partial charge in [-0.1, -0.05) is 0 Å². The van der Waals surface area contributed by atoms with Crippen molar-refractivity contribution >= 4 is 5.97 Å². The lowest BCUT2D eigenvalue weighted by Crippen LogP contribution is -2.61. The molecule has 6 heteroatoms. The van der Waals surface area contributed by atoms with Crippen molar-refractivity contribution in [1.29, 1.82) is 0 Å². The highest BCUT2D eigenvalue weighted by Gasteiger charge is 2.40. The largest absolute Gasteiger partial charge is 0.480 e. The van der Waals surface area contributed by atoms with Crippen LogP contribution in [0.15, 0.2) is 12.5 Å². The molecule has 1 fully saturated rings. The van der Waals surface area contributed by atoms with E-state index < -0.39 is 5.97 Å². The van der Waals surface area contributed by atoms with Gasteiger partial charge in [-0.2, -0.15) is 0 Å². The molecule has 1 aliphatic heterocycles. The molecule has 1 aromatic rings. The summed E-state index contributed by atoms with van der Waals surface area (Å²) in [5, 5.41) is 8.59. The second kappa shape index (κ2) is 5.07. The lowest BCUT2D eigenvalue weighted by Gasteiger charge is -2.47. The molecule has 2 rings (SSSR count). The van der Waals surface area contributed by atoms with Crippen LogP contribution in [0, 0.1) is 0 Å². The third-order valence-corrected chi connectivity index (χ3v) is 3.19. The lowest BCUT2D eigenvalue weighted by atomic mass is 9.96. The van der Waals surface area contributed by atoms with E-state index in [1.54, 1.807) is 0 Å². The number of rotatable bonds is 6. The number of ether oxygens (including phenoxy) is 1. The Bertz CT molecular complexity index is 424. The highest BCUT2D eigenvalue weighted by Crippen LogP contribution is 2.26. The van der Waals surface area contributed by atoms with Gasteiger partial charge in [-0.15, -0.1) is 0 Å². The predicted molar refractivity (Wildman–Crippen MR) is 65.2 cm³/mol. The number of hydrogen-bond donors (Lipinski definition) is 1. The van der Waals surface area contributed by atoms with Gasteiger partial charge in [0.1, 0.15) is 6.61 Å². The Morgan fingerprint density at radius 3 is 2.94 bits per heavy atom. The first-order valence-corrected chi connectivity index (χ1v) is 6.09. The summed E-state index contributed by atoms with van der Waals surface area (Å²) in [6.45, 7) is 7.07. The van der Waals surface area contributed by atoms with Crippen molar-refractivity contribution in [3.05, 3.63) is 18.2 Å². The number of likely N-dealkylation sites (tertiary alicyclic amines) is 1. The van der Waals surface area contributed by atoms with E-state index in [0.29, 0.717) is 0 Å². The number of carboxylic acid groups (broad SMARTS) is 1. The smallest absolute Gasteiger partial charge is 0.329 e. The fraction of sp³-hybridized carbons (Fsp3) is 0.667.